The average molecular weight is 372 g/mol. The lowest BCUT2D eigenvalue weighted by Crippen LogP contribution is -2.43. The van der Waals surface area contributed by atoms with Gasteiger partial charge in [-0.3, -0.25) is 0 Å². The molecule has 0 fully saturated rings. The van der Waals surface area contributed by atoms with Crippen molar-refractivity contribution in [3.63, 3.8) is 0 Å². The number of benzene rings is 1. The van der Waals surface area contributed by atoms with Crippen molar-refractivity contribution in [3.05, 3.63) is 28.2 Å². The summed E-state index contributed by atoms with van der Waals surface area (Å²) in [5, 5.41) is 22.8. The third-order valence-electron chi connectivity index (χ3n) is 2.56. The highest BCUT2D eigenvalue weighted by Crippen LogP contribution is 2.23. The van der Waals surface area contributed by atoms with Crippen LogP contribution in [0.1, 0.15) is 12.0 Å². The van der Waals surface area contributed by atoms with Crippen LogP contribution in [0.15, 0.2) is 22.7 Å². The van der Waals surface area contributed by atoms with E-state index in [2.05, 4.69) is 26.6 Å². The van der Waals surface area contributed by atoms with Gasteiger partial charge in [0.05, 0.1) is 17.3 Å². The molecule has 0 aromatic heterocycles. The summed E-state index contributed by atoms with van der Waals surface area (Å²) in [6.45, 7) is 0. The molecule has 6 nitrogen and oxygen atoms in total. The second kappa shape index (κ2) is 8.54. The number of carbonyl (C=O) groups is 2. The number of nitriles is 1. The quantitative estimate of drug-likeness (QED) is 0.713. The van der Waals surface area contributed by atoms with Gasteiger partial charge in [0, 0.05) is 4.47 Å². The van der Waals surface area contributed by atoms with Gasteiger partial charge in [-0.05, 0) is 52.6 Å². The number of carboxylic acids is 1. The normalized spacial score (nSPS) is 11.3. The topological polar surface area (TPSA) is 102 Å². The fourth-order valence-corrected chi connectivity index (χ4v) is 2.45. The summed E-state index contributed by atoms with van der Waals surface area (Å²) in [5.74, 6) is -0.434. The first-order valence-electron chi connectivity index (χ1n) is 5.96. The molecule has 1 rings (SSSR count). The Morgan fingerprint density at radius 1 is 1.52 bits per heavy atom. The van der Waals surface area contributed by atoms with Gasteiger partial charge in [-0.25, -0.2) is 9.59 Å². The molecule has 0 aliphatic carbocycles. The van der Waals surface area contributed by atoms with Crippen LogP contribution in [0, 0.1) is 11.3 Å². The highest BCUT2D eigenvalue weighted by molar-refractivity contribution is 9.10. The number of carboxylic acid groups (broad SMARTS) is 1. The van der Waals surface area contributed by atoms with Crippen molar-refractivity contribution in [3.8, 4) is 6.07 Å². The molecule has 8 heteroatoms. The number of urea groups is 1. The van der Waals surface area contributed by atoms with Crippen molar-refractivity contribution < 1.29 is 14.7 Å². The molecule has 0 bridgehead atoms. The van der Waals surface area contributed by atoms with Gasteiger partial charge in [-0.2, -0.15) is 17.0 Å². The van der Waals surface area contributed by atoms with E-state index in [9.17, 15) is 9.59 Å². The molecule has 0 radical (unpaired) electrons. The van der Waals surface area contributed by atoms with E-state index in [0.717, 1.165) is 0 Å². The maximum absolute atomic E-state index is 11.8. The zero-order valence-corrected chi connectivity index (χ0v) is 13.6. The van der Waals surface area contributed by atoms with Crippen LogP contribution in [0.5, 0.6) is 0 Å². The van der Waals surface area contributed by atoms with E-state index >= 15 is 0 Å². The third kappa shape index (κ3) is 5.65. The Kier molecular flexibility index (Phi) is 7.05. The van der Waals surface area contributed by atoms with Crippen LogP contribution in [0.4, 0.5) is 10.5 Å². The van der Waals surface area contributed by atoms with Crippen molar-refractivity contribution >= 4 is 45.4 Å². The number of nitrogens with zero attached hydrogens (tertiary/aromatic N) is 1. The molecule has 0 heterocycles. The first-order chi connectivity index (χ1) is 9.97. The molecule has 0 saturated heterocycles. The van der Waals surface area contributed by atoms with Crippen LogP contribution >= 0.6 is 27.7 Å². The lowest BCUT2D eigenvalue weighted by molar-refractivity contribution is -0.139. The largest absolute Gasteiger partial charge is 0.480 e. The van der Waals surface area contributed by atoms with E-state index in [4.69, 9.17) is 10.4 Å². The molecular weight excluding hydrogens is 358 g/mol. The number of rotatable bonds is 6. The highest BCUT2D eigenvalue weighted by Gasteiger charge is 2.19. The van der Waals surface area contributed by atoms with Crippen LogP contribution < -0.4 is 10.6 Å². The van der Waals surface area contributed by atoms with Crippen LogP contribution in [0.25, 0.3) is 0 Å². The summed E-state index contributed by atoms with van der Waals surface area (Å²) in [5.41, 5.74) is 0.914. The minimum atomic E-state index is -1.07. The molecule has 0 saturated carbocycles. The van der Waals surface area contributed by atoms with E-state index in [0.29, 0.717) is 27.9 Å². The minimum absolute atomic E-state index is 0.346. The van der Waals surface area contributed by atoms with Crippen molar-refractivity contribution in [2.45, 2.75) is 12.5 Å². The van der Waals surface area contributed by atoms with Gasteiger partial charge in [0.1, 0.15) is 6.04 Å². The van der Waals surface area contributed by atoms with Crippen LogP contribution in [0.2, 0.25) is 0 Å². The van der Waals surface area contributed by atoms with Gasteiger partial charge >= 0.3 is 12.0 Å². The number of nitrogens with one attached hydrogen (secondary N) is 2. The molecule has 3 N–H and O–H groups in total. The van der Waals surface area contributed by atoms with Gasteiger partial charge in [0.2, 0.25) is 0 Å². The third-order valence-corrected chi connectivity index (χ3v) is 3.86. The zero-order valence-electron chi connectivity index (χ0n) is 11.2. The molecule has 21 heavy (non-hydrogen) atoms. The van der Waals surface area contributed by atoms with Gasteiger partial charge in [-0.1, -0.05) is 0 Å². The average Bonchev–Trinajstić information content (AvgIpc) is 2.45. The summed E-state index contributed by atoms with van der Waals surface area (Å²) >= 11 is 4.75. The predicted octanol–water partition coefficient (Wildman–Crippen LogP) is 2.65. The standard InChI is InChI=1S/C13H14BrN3O3S/c1-21-5-4-11(12(18)19)17-13(20)16-10-3-2-8(7-15)6-9(10)14/h2-3,6,11H,4-5H2,1H3,(H,18,19)(H2,16,17,20)/t11-/m0/s1. The first kappa shape index (κ1) is 17.3. The first-order valence-corrected chi connectivity index (χ1v) is 8.15. The fraction of sp³-hybridized carbons (Fsp3) is 0.308. The molecule has 112 valence electrons. The van der Waals surface area contributed by atoms with Crippen LogP contribution in [-0.2, 0) is 4.79 Å². The summed E-state index contributed by atoms with van der Waals surface area (Å²) < 4.78 is 0.549. The Morgan fingerprint density at radius 2 is 2.24 bits per heavy atom. The zero-order chi connectivity index (χ0) is 15.8. The maximum atomic E-state index is 11.8. The second-order valence-electron chi connectivity index (χ2n) is 4.08. The molecule has 0 aliphatic rings. The van der Waals surface area contributed by atoms with E-state index < -0.39 is 18.0 Å². The molecule has 0 spiro atoms. The molecule has 0 unspecified atom stereocenters. The van der Waals surface area contributed by atoms with E-state index in [-0.39, 0.29) is 0 Å². The Morgan fingerprint density at radius 3 is 2.76 bits per heavy atom. The number of aliphatic carboxylic acids is 1. The Hall–Kier alpha value is -1.72. The summed E-state index contributed by atoms with van der Waals surface area (Å²) in [7, 11) is 0. The summed E-state index contributed by atoms with van der Waals surface area (Å²) in [6.07, 6.45) is 2.21. The lowest BCUT2D eigenvalue weighted by Gasteiger charge is -2.15. The number of amides is 2. The Labute approximate surface area is 135 Å². The van der Waals surface area contributed by atoms with Gasteiger partial charge < -0.3 is 15.7 Å². The fourth-order valence-electron chi connectivity index (χ4n) is 1.50. The van der Waals surface area contributed by atoms with Crippen LogP contribution in [0.3, 0.4) is 0 Å². The highest BCUT2D eigenvalue weighted by atomic mass is 79.9. The lowest BCUT2D eigenvalue weighted by atomic mass is 10.2. The van der Waals surface area contributed by atoms with E-state index in [1.54, 1.807) is 18.2 Å². The maximum Gasteiger partial charge on any atom is 0.326 e. The van der Waals surface area contributed by atoms with Gasteiger partial charge in [-0.15, -0.1) is 0 Å². The molecule has 1 aromatic carbocycles. The predicted molar refractivity (Wildman–Crippen MR) is 85.4 cm³/mol. The number of hydrogen-bond acceptors (Lipinski definition) is 4. The van der Waals surface area contributed by atoms with E-state index in [1.807, 2.05) is 12.3 Å². The smallest absolute Gasteiger partial charge is 0.326 e. The Bertz CT molecular complexity index is 574. The molecule has 0 aliphatic heterocycles. The number of anilines is 1. The molecule has 2 amide bonds. The number of halogens is 1. The van der Waals surface area contributed by atoms with Crippen molar-refractivity contribution in [1.82, 2.24) is 5.32 Å². The van der Waals surface area contributed by atoms with Crippen molar-refractivity contribution in [2.24, 2.45) is 0 Å². The second-order valence-corrected chi connectivity index (χ2v) is 5.92. The van der Waals surface area contributed by atoms with Gasteiger partial charge in [0.15, 0.2) is 0 Å². The van der Waals surface area contributed by atoms with Gasteiger partial charge in [0.25, 0.3) is 0 Å². The number of thioether (sulfide) groups is 1. The monoisotopic (exact) mass is 371 g/mol. The SMILES string of the molecule is CSCC[C@H](NC(=O)Nc1ccc(C#N)cc1Br)C(=O)O. The Balaban J connectivity index is 2.68. The molecule has 1 atom stereocenters. The number of carbonyl (C=O) groups excluding carboxylic acids is 1. The van der Waals surface area contributed by atoms with Crippen molar-refractivity contribution in [1.29, 1.82) is 5.26 Å². The van der Waals surface area contributed by atoms with Crippen LogP contribution in [-0.4, -0.2) is 35.2 Å². The summed E-state index contributed by atoms with van der Waals surface area (Å²) in [4.78, 5) is 22.9. The molecule has 1 aromatic rings. The van der Waals surface area contributed by atoms with E-state index in [1.165, 1.54) is 11.8 Å². The molecular formula is C13H14BrN3O3S. The summed E-state index contributed by atoms with van der Waals surface area (Å²) in [6, 6.07) is 5.14. The minimum Gasteiger partial charge on any atom is -0.480 e. The number of hydrogen-bond donors (Lipinski definition) is 3. The van der Waals surface area contributed by atoms with Crippen molar-refractivity contribution in [2.75, 3.05) is 17.3 Å².